The molecule has 2 atom stereocenters. The van der Waals surface area contributed by atoms with E-state index >= 15 is 0 Å². The van der Waals surface area contributed by atoms with Crippen LogP contribution in [-0.2, 0) is 29.6 Å². The van der Waals surface area contributed by atoms with Crippen molar-refractivity contribution in [3.8, 4) is 6.07 Å². The highest BCUT2D eigenvalue weighted by molar-refractivity contribution is 5.89. The third-order valence-electron chi connectivity index (χ3n) is 7.21. The molecule has 1 N–H and O–H groups in total. The zero-order chi connectivity index (χ0) is 20.9. The Bertz CT molecular complexity index is 1060. The normalized spacial score (nSPS) is 24.7. The number of pyridine rings is 1. The molecule has 1 aliphatic heterocycles. The number of fused-ring (bicyclic) bond motifs is 3. The second kappa shape index (κ2) is 7.12. The summed E-state index contributed by atoms with van der Waals surface area (Å²) in [5, 5.41) is 13.4. The fourth-order valence-electron chi connectivity index (χ4n) is 5.27. The predicted octanol–water partition coefficient (Wildman–Crippen LogP) is 2.44. The minimum atomic E-state index is -0.682. The van der Waals surface area contributed by atoms with Gasteiger partial charge in [0.1, 0.15) is 11.2 Å². The van der Waals surface area contributed by atoms with Gasteiger partial charge in [-0.15, -0.1) is 0 Å². The number of aromatic nitrogens is 2. The van der Waals surface area contributed by atoms with Crippen molar-refractivity contribution in [3.63, 3.8) is 0 Å². The molecular weight excluding hydrogens is 378 g/mol. The lowest BCUT2D eigenvalue weighted by atomic mass is 9.77. The van der Waals surface area contributed by atoms with E-state index in [0.717, 1.165) is 43.1 Å². The van der Waals surface area contributed by atoms with Crippen molar-refractivity contribution in [2.75, 3.05) is 6.54 Å². The second-order valence-corrected chi connectivity index (χ2v) is 9.05. The van der Waals surface area contributed by atoms with Gasteiger partial charge in [-0.2, -0.15) is 5.26 Å². The van der Waals surface area contributed by atoms with Crippen LogP contribution < -0.4 is 5.32 Å². The summed E-state index contributed by atoms with van der Waals surface area (Å²) < 4.78 is 2.14. The first-order chi connectivity index (χ1) is 14.5. The fourth-order valence-corrected chi connectivity index (χ4v) is 5.27. The van der Waals surface area contributed by atoms with Crippen LogP contribution in [0.4, 0.5) is 0 Å². The third-order valence-corrected chi connectivity index (χ3v) is 7.21. The van der Waals surface area contributed by atoms with Crippen LogP contribution in [0.3, 0.4) is 0 Å². The van der Waals surface area contributed by atoms with Crippen LogP contribution in [0.1, 0.15) is 49.8 Å². The van der Waals surface area contributed by atoms with E-state index in [1.807, 2.05) is 18.0 Å². The summed E-state index contributed by atoms with van der Waals surface area (Å²) in [4.78, 5) is 32.9. The van der Waals surface area contributed by atoms with Crippen LogP contribution in [-0.4, -0.2) is 38.3 Å². The Kier molecular flexibility index (Phi) is 4.53. The molecular formula is C23H27N5O2. The molecule has 3 heterocycles. The molecule has 2 amide bonds. The molecule has 7 heteroatoms. The zero-order valence-electron chi connectivity index (χ0n) is 17.4. The number of hydrogen-bond acceptors (Lipinski definition) is 4. The number of nitrogens with one attached hydrogen (secondary N) is 1. The van der Waals surface area contributed by atoms with E-state index in [0.29, 0.717) is 25.9 Å². The lowest BCUT2D eigenvalue weighted by molar-refractivity contribution is -0.144. The molecule has 156 valence electrons. The minimum Gasteiger partial charge on any atom is -0.338 e. The van der Waals surface area contributed by atoms with Crippen LogP contribution in [0.5, 0.6) is 0 Å². The first kappa shape index (κ1) is 19.1. The maximum Gasteiger partial charge on any atom is 0.226 e. The topological polar surface area (TPSA) is 91.0 Å². The molecule has 0 bridgehead atoms. The van der Waals surface area contributed by atoms with E-state index in [-0.39, 0.29) is 23.7 Å². The van der Waals surface area contributed by atoms with Gasteiger partial charge in [0, 0.05) is 61.2 Å². The van der Waals surface area contributed by atoms with Crippen molar-refractivity contribution >= 4 is 22.8 Å². The standard InChI is InChI=1S/C23H27N5O2/c1-27-19-8-12-28(13-18(19)15-7-4-11-25-20(15)27)22(30)17-6-3-2-5-16(17)21(29)26-23(14-24)9-10-23/h4,7,11,16-17H,2-3,5-6,8-10,12-13H2,1H3,(H,26,29)/t16-,17-/m1/s1. The Morgan fingerprint density at radius 1 is 1.27 bits per heavy atom. The zero-order valence-corrected chi connectivity index (χ0v) is 17.4. The van der Waals surface area contributed by atoms with Crippen LogP contribution in [0.15, 0.2) is 18.3 Å². The molecule has 2 fully saturated rings. The van der Waals surface area contributed by atoms with Gasteiger partial charge in [0.05, 0.1) is 6.07 Å². The van der Waals surface area contributed by atoms with E-state index in [1.54, 1.807) is 6.20 Å². The number of nitriles is 1. The lowest BCUT2D eigenvalue weighted by Crippen LogP contribution is -2.48. The van der Waals surface area contributed by atoms with Crippen LogP contribution in [0, 0.1) is 23.2 Å². The number of carbonyl (C=O) groups is 2. The molecule has 2 aromatic rings. The molecule has 0 spiro atoms. The largest absolute Gasteiger partial charge is 0.338 e. The molecule has 7 nitrogen and oxygen atoms in total. The highest BCUT2D eigenvalue weighted by Crippen LogP contribution is 2.38. The molecule has 30 heavy (non-hydrogen) atoms. The van der Waals surface area contributed by atoms with Gasteiger partial charge in [0.25, 0.3) is 0 Å². The Hall–Kier alpha value is -2.88. The highest BCUT2D eigenvalue weighted by atomic mass is 16.2. The quantitative estimate of drug-likeness (QED) is 0.849. The molecule has 0 aromatic carbocycles. The number of amides is 2. The van der Waals surface area contributed by atoms with Crippen molar-refractivity contribution in [2.24, 2.45) is 18.9 Å². The maximum absolute atomic E-state index is 13.5. The summed E-state index contributed by atoms with van der Waals surface area (Å²) >= 11 is 0. The van der Waals surface area contributed by atoms with E-state index in [4.69, 9.17) is 0 Å². The van der Waals surface area contributed by atoms with Crippen LogP contribution in [0.25, 0.3) is 11.0 Å². The Morgan fingerprint density at radius 2 is 2.03 bits per heavy atom. The fraction of sp³-hybridized carbons (Fsp3) is 0.565. The number of hydrogen-bond donors (Lipinski definition) is 1. The minimum absolute atomic E-state index is 0.0863. The smallest absolute Gasteiger partial charge is 0.226 e. The molecule has 2 aromatic heterocycles. The summed E-state index contributed by atoms with van der Waals surface area (Å²) in [5.41, 5.74) is 2.70. The average molecular weight is 406 g/mol. The van der Waals surface area contributed by atoms with Gasteiger partial charge in [-0.3, -0.25) is 9.59 Å². The van der Waals surface area contributed by atoms with E-state index in [2.05, 4.69) is 27.0 Å². The van der Waals surface area contributed by atoms with Crippen molar-refractivity contribution < 1.29 is 9.59 Å². The third kappa shape index (κ3) is 3.06. The van der Waals surface area contributed by atoms with E-state index in [1.165, 1.54) is 11.3 Å². The second-order valence-electron chi connectivity index (χ2n) is 9.05. The summed E-state index contributed by atoms with van der Waals surface area (Å²) in [6.07, 6.45) is 7.43. The van der Waals surface area contributed by atoms with Crippen LogP contribution >= 0.6 is 0 Å². The van der Waals surface area contributed by atoms with Crippen molar-refractivity contribution in [1.82, 2.24) is 19.8 Å². The first-order valence-electron chi connectivity index (χ1n) is 11.0. The molecule has 0 radical (unpaired) electrons. The molecule has 2 aliphatic carbocycles. The summed E-state index contributed by atoms with van der Waals surface area (Å²) in [7, 11) is 2.04. The highest BCUT2D eigenvalue weighted by Gasteiger charge is 2.47. The van der Waals surface area contributed by atoms with Crippen LogP contribution in [0.2, 0.25) is 0 Å². The molecule has 2 saturated carbocycles. The number of aryl methyl sites for hydroxylation is 1. The summed E-state index contributed by atoms with van der Waals surface area (Å²) in [6.45, 7) is 1.24. The van der Waals surface area contributed by atoms with Gasteiger partial charge in [-0.1, -0.05) is 12.8 Å². The lowest BCUT2D eigenvalue weighted by Gasteiger charge is -2.36. The van der Waals surface area contributed by atoms with Gasteiger partial charge in [-0.05, 0) is 37.8 Å². The maximum atomic E-state index is 13.5. The van der Waals surface area contributed by atoms with Gasteiger partial charge in [0.2, 0.25) is 11.8 Å². The van der Waals surface area contributed by atoms with Gasteiger partial charge in [-0.25, -0.2) is 4.98 Å². The molecule has 0 saturated heterocycles. The number of rotatable bonds is 3. The Labute approximate surface area is 176 Å². The number of nitrogens with zero attached hydrogens (tertiary/aromatic N) is 4. The van der Waals surface area contributed by atoms with Gasteiger partial charge >= 0.3 is 0 Å². The van der Waals surface area contributed by atoms with Crippen molar-refractivity contribution in [3.05, 3.63) is 29.6 Å². The monoisotopic (exact) mass is 405 g/mol. The average Bonchev–Trinajstić information content (AvgIpc) is 3.51. The van der Waals surface area contributed by atoms with Gasteiger partial charge in [0.15, 0.2) is 0 Å². The van der Waals surface area contributed by atoms with E-state index in [9.17, 15) is 14.9 Å². The Balaban J connectivity index is 1.37. The summed E-state index contributed by atoms with van der Waals surface area (Å²) in [6, 6.07) is 6.24. The predicted molar refractivity (Wildman–Crippen MR) is 111 cm³/mol. The molecule has 0 unspecified atom stereocenters. The van der Waals surface area contributed by atoms with E-state index < -0.39 is 5.54 Å². The van der Waals surface area contributed by atoms with Gasteiger partial charge < -0.3 is 14.8 Å². The SMILES string of the molecule is Cn1c2c(c3cccnc31)CN(C(=O)[C@@H]1CCCC[C@H]1C(=O)NC1(C#N)CC1)CC2. The summed E-state index contributed by atoms with van der Waals surface area (Å²) in [5.74, 6) is -0.641. The Morgan fingerprint density at radius 3 is 2.77 bits per heavy atom. The number of carbonyl (C=O) groups excluding carboxylic acids is 2. The van der Waals surface area contributed by atoms with Crippen molar-refractivity contribution in [2.45, 2.75) is 57.0 Å². The molecule has 5 rings (SSSR count). The van der Waals surface area contributed by atoms with Crippen molar-refractivity contribution in [1.29, 1.82) is 5.26 Å². The molecule has 3 aliphatic rings. The first-order valence-corrected chi connectivity index (χ1v) is 11.0.